The standard InChI is InChI=1S/C17H21NSi/c1-4-19(2,3)15-18(16-11-7-5-8-12-16)17-13-9-6-10-14-17/h4-14H,1,15H2,2-3H3. The minimum absolute atomic E-state index is 1.05. The van der Waals surface area contributed by atoms with Gasteiger partial charge in [0.1, 0.15) is 0 Å². The molecule has 0 saturated carbocycles. The van der Waals surface area contributed by atoms with Crippen LogP contribution in [0.2, 0.25) is 13.1 Å². The maximum absolute atomic E-state index is 4.01. The first-order valence-electron chi connectivity index (χ1n) is 6.64. The van der Waals surface area contributed by atoms with E-state index in [4.69, 9.17) is 0 Å². The highest BCUT2D eigenvalue weighted by Crippen LogP contribution is 2.26. The molecule has 2 rings (SSSR count). The SMILES string of the molecule is C=C[Si](C)(C)CN(c1ccccc1)c1ccccc1. The molecule has 0 aliphatic heterocycles. The van der Waals surface area contributed by atoms with E-state index in [-0.39, 0.29) is 0 Å². The molecule has 0 unspecified atom stereocenters. The Morgan fingerprint density at radius 1 is 0.895 bits per heavy atom. The van der Waals surface area contributed by atoms with Gasteiger partial charge in [0, 0.05) is 17.5 Å². The van der Waals surface area contributed by atoms with Crippen LogP contribution in [0.1, 0.15) is 0 Å². The van der Waals surface area contributed by atoms with Crippen molar-refractivity contribution in [1.29, 1.82) is 0 Å². The lowest BCUT2D eigenvalue weighted by Crippen LogP contribution is -2.39. The lowest BCUT2D eigenvalue weighted by atomic mass is 10.2. The summed E-state index contributed by atoms with van der Waals surface area (Å²) < 4.78 is 0. The highest BCUT2D eigenvalue weighted by atomic mass is 28.3. The third-order valence-electron chi connectivity index (χ3n) is 3.25. The number of hydrogen-bond acceptors (Lipinski definition) is 1. The molecular weight excluding hydrogens is 246 g/mol. The summed E-state index contributed by atoms with van der Waals surface area (Å²) in [5.74, 6) is 0. The van der Waals surface area contributed by atoms with Crippen LogP contribution < -0.4 is 4.90 Å². The van der Waals surface area contributed by atoms with Crippen molar-refractivity contribution in [2.75, 3.05) is 11.1 Å². The van der Waals surface area contributed by atoms with E-state index in [0.29, 0.717) is 0 Å². The van der Waals surface area contributed by atoms with Crippen LogP contribution >= 0.6 is 0 Å². The third-order valence-corrected chi connectivity index (χ3v) is 5.49. The van der Waals surface area contributed by atoms with Gasteiger partial charge in [0.15, 0.2) is 0 Å². The molecule has 0 aliphatic carbocycles. The van der Waals surface area contributed by atoms with E-state index in [2.05, 4.69) is 90.9 Å². The first kappa shape index (κ1) is 13.6. The Labute approximate surface area is 117 Å². The second-order valence-corrected chi connectivity index (χ2v) is 10.2. The molecule has 0 aliphatic rings. The number of nitrogens with zero attached hydrogens (tertiary/aromatic N) is 1. The molecule has 2 aromatic rings. The van der Waals surface area contributed by atoms with Crippen LogP contribution in [0.5, 0.6) is 0 Å². The molecule has 19 heavy (non-hydrogen) atoms. The van der Waals surface area contributed by atoms with Gasteiger partial charge in [0.05, 0.1) is 8.07 Å². The number of rotatable bonds is 5. The van der Waals surface area contributed by atoms with E-state index >= 15 is 0 Å². The minimum atomic E-state index is -1.42. The van der Waals surface area contributed by atoms with Gasteiger partial charge in [-0.15, -0.1) is 12.3 Å². The topological polar surface area (TPSA) is 3.24 Å². The van der Waals surface area contributed by atoms with E-state index < -0.39 is 8.07 Å². The van der Waals surface area contributed by atoms with Gasteiger partial charge in [-0.05, 0) is 24.3 Å². The third kappa shape index (κ3) is 3.58. The molecule has 2 heteroatoms. The monoisotopic (exact) mass is 267 g/mol. The van der Waals surface area contributed by atoms with Crippen molar-refractivity contribution in [3.05, 3.63) is 72.9 Å². The molecule has 0 atom stereocenters. The van der Waals surface area contributed by atoms with E-state index in [9.17, 15) is 0 Å². The van der Waals surface area contributed by atoms with Crippen LogP contribution in [0.25, 0.3) is 0 Å². The summed E-state index contributed by atoms with van der Waals surface area (Å²) in [5.41, 5.74) is 4.65. The molecule has 0 aromatic heterocycles. The summed E-state index contributed by atoms with van der Waals surface area (Å²) in [6.07, 6.45) is 1.05. The molecule has 0 saturated heterocycles. The quantitative estimate of drug-likeness (QED) is 0.704. The maximum Gasteiger partial charge on any atom is 0.0926 e. The van der Waals surface area contributed by atoms with Gasteiger partial charge in [-0.25, -0.2) is 0 Å². The number of anilines is 2. The summed E-state index contributed by atoms with van der Waals surface area (Å²) in [4.78, 5) is 2.40. The molecule has 0 amide bonds. The number of hydrogen-bond donors (Lipinski definition) is 0. The molecule has 0 fully saturated rings. The van der Waals surface area contributed by atoms with Gasteiger partial charge in [-0.1, -0.05) is 49.5 Å². The fourth-order valence-corrected chi connectivity index (χ4v) is 3.33. The zero-order valence-electron chi connectivity index (χ0n) is 11.7. The van der Waals surface area contributed by atoms with Crippen molar-refractivity contribution < 1.29 is 0 Å². The minimum Gasteiger partial charge on any atom is -0.344 e. The Balaban J connectivity index is 2.37. The normalized spacial score (nSPS) is 11.1. The van der Waals surface area contributed by atoms with Gasteiger partial charge in [-0.2, -0.15) is 0 Å². The average Bonchev–Trinajstić information content (AvgIpc) is 2.47. The molecule has 0 N–H and O–H groups in total. The highest BCUT2D eigenvalue weighted by molar-refractivity contribution is 6.82. The van der Waals surface area contributed by atoms with E-state index in [0.717, 1.165) is 6.17 Å². The summed E-state index contributed by atoms with van der Waals surface area (Å²) in [7, 11) is -1.42. The van der Waals surface area contributed by atoms with Crippen molar-refractivity contribution in [3.63, 3.8) is 0 Å². The Morgan fingerprint density at radius 3 is 1.68 bits per heavy atom. The average molecular weight is 267 g/mol. The zero-order chi connectivity index (χ0) is 13.7. The van der Waals surface area contributed by atoms with Gasteiger partial charge < -0.3 is 4.90 Å². The molecule has 1 nitrogen and oxygen atoms in total. The van der Waals surface area contributed by atoms with Crippen LogP contribution in [-0.4, -0.2) is 14.2 Å². The van der Waals surface area contributed by atoms with Gasteiger partial charge >= 0.3 is 0 Å². The van der Waals surface area contributed by atoms with Crippen molar-refractivity contribution in [2.45, 2.75) is 13.1 Å². The number of benzene rings is 2. The molecular formula is C17H21NSi. The molecule has 98 valence electrons. The zero-order valence-corrected chi connectivity index (χ0v) is 12.7. The number of para-hydroxylation sites is 2. The Bertz CT molecular complexity index is 480. The lowest BCUT2D eigenvalue weighted by Gasteiger charge is -2.31. The fourth-order valence-electron chi connectivity index (χ4n) is 2.02. The summed E-state index contributed by atoms with van der Waals surface area (Å²) in [6.45, 7) is 8.70. The Kier molecular flexibility index (Phi) is 4.22. The highest BCUT2D eigenvalue weighted by Gasteiger charge is 2.21. The van der Waals surface area contributed by atoms with Crippen molar-refractivity contribution in [1.82, 2.24) is 0 Å². The van der Waals surface area contributed by atoms with Gasteiger partial charge in [-0.3, -0.25) is 0 Å². The Hall–Kier alpha value is -1.80. The van der Waals surface area contributed by atoms with E-state index in [1.807, 2.05) is 0 Å². The van der Waals surface area contributed by atoms with Crippen LogP contribution in [0.15, 0.2) is 72.9 Å². The first-order chi connectivity index (χ1) is 9.12. The predicted molar refractivity (Wildman–Crippen MR) is 87.6 cm³/mol. The van der Waals surface area contributed by atoms with Crippen LogP contribution in [0, 0.1) is 0 Å². The second-order valence-electron chi connectivity index (χ2n) is 5.45. The summed E-state index contributed by atoms with van der Waals surface area (Å²) in [6, 6.07) is 21.1. The molecule has 0 radical (unpaired) electrons. The molecule has 0 spiro atoms. The van der Waals surface area contributed by atoms with Gasteiger partial charge in [0.2, 0.25) is 0 Å². The second kappa shape index (κ2) is 5.89. The van der Waals surface area contributed by atoms with Gasteiger partial charge in [0.25, 0.3) is 0 Å². The molecule has 2 aromatic carbocycles. The van der Waals surface area contributed by atoms with Crippen molar-refractivity contribution in [3.8, 4) is 0 Å². The molecule has 0 bridgehead atoms. The molecule has 0 heterocycles. The van der Waals surface area contributed by atoms with Crippen molar-refractivity contribution in [2.24, 2.45) is 0 Å². The van der Waals surface area contributed by atoms with Crippen molar-refractivity contribution >= 4 is 19.4 Å². The largest absolute Gasteiger partial charge is 0.344 e. The Morgan fingerprint density at radius 2 is 1.32 bits per heavy atom. The van der Waals surface area contributed by atoms with Crippen LogP contribution in [-0.2, 0) is 0 Å². The smallest absolute Gasteiger partial charge is 0.0926 e. The lowest BCUT2D eigenvalue weighted by molar-refractivity contribution is 1.13. The summed E-state index contributed by atoms with van der Waals surface area (Å²) in [5, 5.41) is 0. The predicted octanol–water partition coefficient (Wildman–Crippen LogP) is 4.80. The summed E-state index contributed by atoms with van der Waals surface area (Å²) >= 11 is 0. The van der Waals surface area contributed by atoms with Crippen LogP contribution in [0.4, 0.5) is 11.4 Å². The first-order valence-corrected chi connectivity index (χ1v) is 9.92. The van der Waals surface area contributed by atoms with E-state index in [1.54, 1.807) is 0 Å². The fraction of sp³-hybridized carbons (Fsp3) is 0.176. The van der Waals surface area contributed by atoms with E-state index in [1.165, 1.54) is 11.4 Å². The maximum atomic E-state index is 4.01. The van der Waals surface area contributed by atoms with Crippen LogP contribution in [0.3, 0.4) is 0 Å².